The normalized spacial score (nSPS) is 11.0. The second-order valence-electron chi connectivity index (χ2n) is 7.29. The highest BCUT2D eigenvalue weighted by Gasteiger charge is 2.17. The first-order valence-electron chi connectivity index (χ1n) is 9.47. The molecule has 29 heavy (non-hydrogen) atoms. The summed E-state index contributed by atoms with van der Waals surface area (Å²) < 4.78 is 1.35. The van der Waals surface area contributed by atoms with Crippen molar-refractivity contribution in [1.29, 1.82) is 0 Å². The highest BCUT2D eigenvalue weighted by Crippen LogP contribution is 2.14. The van der Waals surface area contributed by atoms with Gasteiger partial charge in [0.1, 0.15) is 0 Å². The molecule has 1 amide bonds. The van der Waals surface area contributed by atoms with Crippen LogP contribution in [0.4, 0.5) is 0 Å². The van der Waals surface area contributed by atoms with E-state index in [1.807, 2.05) is 19.9 Å². The molecule has 0 fully saturated rings. The van der Waals surface area contributed by atoms with E-state index in [4.69, 9.17) is 5.11 Å². The average Bonchev–Trinajstić information content (AvgIpc) is 2.70. The fraction of sp³-hybridized carbons (Fsp3) is 0.273. The number of amides is 1. The summed E-state index contributed by atoms with van der Waals surface area (Å²) in [5.74, 6) is -1.15. The van der Waals surface area contributed by atoms with Crippen molar-refractivity contribution in [2.24, 2.45) is 5.92 Å². The first kappa shape index (κ1) is 20.3. The number of fused-ring (bicyclic) bond motifs is 1. The Morgan fingerprint density at radius 2 is 1.83 bits per heavy atom. The van der Waals surface area contributed by atoms with E-state index in [9.17, 15) is 14.4 Å². The maximum absolute atomic E-state index is 12.8. The van der Waals surface area contributed by atoms with Crippen molar-refractivity contribution in [3.05, 3.63) is 75.7 Å². The van der Waals surface area contributed by atoms with Crippen LogP contribution in [0, 0.1) is 5.92 Å². The molecule has 2 aromatic carbocycles. The summed E-state index contributed by atoms with van der Waals surface area (Å²) in [7, 11) is 0. The van der Waals surface area contributed by atoms with Gasteiger partial charge in [0.15, 0.2) is 5.69 Å². The predicted molar refractivity (Wildman–Crippen MR) is 110 cm³/mol. The lowest BCUT2D eigenvalue weighted by Gasteiger charge is -2.12. The number of carboxylic acid groups (broad SMARTS) is 1. The van der Waals surface area contributed by atoms with Gasteiger partial charge in [0.2, 0.25) is 0 Å². The Morgan fingerprint density at radius 1 is 1.10 bits per heavy atom. The molecular formula is C22H23N3O4. The quantitative estimate of drug-likeness (QED) is 0.643. The minimum Gasteiger partial charge on any atom is -0.478 e. The van der Waals surface area contributed by atoms with Crippen molar-refractivity contribution in [2.45, 2.75) is 26.8 Å². The van der Waals surface area contributed by atoms with Gasteiger partial charge in [-0.3, -0.25) is 9.59 Å². The van der Waals surface area contributed by atoms with Gasteiger partial charge < -0.3 is 10.4 Å². The van der Waals surface area contributed by atoms with E-state index in [0.717, 1.165) is 5.56 Å². The van der Waals surface area contributed by atoms with Crippen molar-refractivity contribution in [3.63, 3.8) is 0 Å². The Bertz CT molecular complexity index is 1120. The number of benzene rings is 2. The van der Waals surface area contributed by atoms with Crippen molar-refractivity contribution < 1.29 is 14.7 Å². The van der Waals surface area contributed by atoms with E-state index in [0.29, 0.717) is 30.3 Å². The van der Waals surface area contributed by atoms with Crippen LogP contribution in [0.1, 0.15) is 40.3 Å². The number of aromatic nitrogens is 2. The van der Waals surface area contributed by atoms with Crippen LogP contribution in [0.15, 0.2) is 53.3 Å². The lowest BCUT2D eigenvalue weighted by atomic mass is 10.1. The molecule has 3 aromatic rings. The molecule has 0 atom stereocenters. The molecule has 0 saturated carbocycles. The smallest absolute Gasteiger partial charge is 0.335 e. The number of hydrogen-bond donors (Lipinski definition) is 2. The maximum atomic E-state index is 12.8. The van der Waals surface area contributed by atoms with Gasteiger partial charge in [-0.2, -0.15) is 5.10 Å². The third kappa shape index (κ3) is 4.68. The summed E-state index contributed by atoms with van der Waals surface area (Å²) in [6.45, 7) is 4.70. The van der Waals surface area contributed by atoms with Crippen molar-refractivity contribution >= 4 is 22.6 Å². The van der Waals surface area contributed by atoms with E-state index in [-0.39, 0.29) is 28.6 Å². The van der Waals surface area contributed by atoms with Gasteiger partial charge in [0, 0.05) is 18.5 Å². The standard InChI is InChI=1S/C22H23N3O4/c1-14(2)13-25-21(27)18-9-4-3-8-17(18)19(24-25)20(26)23-11-10-15-6-5-7-16(12-15)22(28)29/h3-9,12,14H,10-11,13H2,1-2H3,(H,23,26)(H,28,29). The molecule has 7 nitrogen and oxygen atoms in total. The number of carbonyl (C=O) groups is 2. The molecule has 150 valence electrons. The largest absolute Gasteiger partial charge is 0.478 e. The van der Waals surface area contributed by atoms with Gasteiger partial charge in [-0.1, -0.05) is 44.2 Å². The van der Waals surface area contributed by atoms with Crippen LogP contribution in [-0.2, 0) is 13.0 Å². The zero-order valence-electron chi connectivity index (χ0n) is 16.4. The third-order valence-electron chi connectivity index (χ3n) is 4.49. The topological polar surface area (TPSA) is 101 Å². The molecule has 7 heteroatoms. The Morgan fingerprint density at radius 3 is 2.52 bits per heavy atom. The highest BCUT2D eigenvalue weighted by molar-refractivity contribution is 6.04. The molecule has 2 N–H and O–H groups in total. The fourth-order valence-electron chi connectivity index (χ4n) is 3.14. The summed E-state index contributed by atoms with van der Waals surface area (Å²) >= 11 is 0. The van der Waals surface area contributed by atoms with Gasteiger partial charge in [0.05, 0.1) is 10.9 Å². The Balaban J connectivity index is 1.81. The molecule has 3 rings (SSSR count). The van der Waals surface area contributed by atoms with Gasteiger partial charge >= 0.3 is 5.97 Å². The molecule has 0 bridgehead atoms. The second-order valence-corrected chi connectivity index (χ2v) is 7.29. The second kappa shape index (κ2) is 8.68. The van der Waals surface area contributed by atoms with Crippen LogP contribution in [0.5, 0.6) is 0 Å². The van der Waals surface area contributed by atoms with E-state index < -0.39 is 5.97 Å². The van der Waals surface area contributed by atoms with E-state index in [1.165, 1.54) is 10.7 Å². The molecule has 0 aliphatic carbocycles. The summed E-state index contributed by atoms with van der Waals surface area (Å²) in [5, 5.41) is 17.2. The number of aromatic carboxylic acids is 1. The molecule has 0 spiro atoms. The molecular weight excluding hydrogens is 370 g/mol. The summed E-state index contributed by atoms with van der Waals surface area (Å²) in [4.78, 5) is 36.5. The number of nitrogens with one attached hydrogen (secondary N) is 1. The highest BCUT2D eigenvalue weighted by atomic mass is 16.4. The van der Waals surface area contributed by atoms with Crippen molar-refractivity contribution in [2.75, 3.05) is 6.54 Å². The van der Waals surface area contributed by atoms with Gasteiger partial charge in [-0.05, 0) is 36.1 Å². The van der Waals surface area contributed by atoms with Crippen LogP contribution >= 0.6 is 0 Å². The first-order chi connectivity index (χ1) is 13.9. The van der Waals surface area contributed by atoms with Crippen LogP contribution in [0.3, 0.4) is 0 Å². The van der Waals surface area contributed by atoms with Crippen LogP contribution < -0.4 is 10.9 Å². The molecule has 0 aliphatic rings. The SMILES string of the molecule is CC(C)Cn1nc(C(=O)NCCc2cccc(C(=O)O)c2)c2ccccc2c1=O. The number of rotatable bonds is 7. The molecule has 1 aromatic heterocycles. The van der Waals surface area contributed by atoms with Gasteiger partial charge in [0.25, 0.3) is 11.5 Å². The van der Waals surface area contributed by atoms with Gasteiger partial charge in [-0.15, -0.1) is 0 Å². The monoisotopic (exact) mass is 393 g/mol. The Labute approximate surface area is 168 Å². The zero-order chi connectivity index (χ0) is 21.0. The average molecular weight is 393 g/mol. The first-order valence-corrected chi connectivity index (χ1v) is 9.47. The van der Waals surface area contributed by atoms with E-state index in [1.54, 1.807) is 36.4 Å². The minimum absolute atomic E-state index is 0.207. The maximum Gasteiger partial charge on any atom is 0.335 e. The minimum atomic E-state index is -0.987. The van der Waals surface area contributed by atoms with Crippen LogP contribution in [-0.4, -0.2) is 33.3 Å². The molecule has 0 radical (unpaired) electrons. The predicted octanol–water partition coefficient (Wildman–Crippen LogP) is 2.72. The number of carbonyl (C=O) groups excluding carboxylic acids is 1. The van der Waals surface area contributed by atoms with Gasteiger partial charge in [-0.25, -0.2) is 9.48 Å². The van der Waals surface area contributed by atoms with Crippen LogP contribution in [0.25, 0.3) is 10.8 Å². The lowest BCUT2D eigenvalue weighted by Crippen LogP contribution is -2.32. The summed E-state index contributed by atoms with van der Waals surface area (Å²) in [6, 6.07) is 13.6. The number of carboxylic acids is 1. The zero-order valence-corrected chi connectivity index (χ0v) is 16.4. The molecule has 0 aliphatic heterocycles. The Hall–Kier alpha value is -3.48. The number of hydrogen-bond acceptors (Lipinski definition) is 4. The number of nitrogens with zero attached hydrogens (tertiary/aromatic N) is 2. The lowest BCUT2D eigenvalue weighted by molar-refractivity contribution is 0.0696. The van der Waals surface area contributed by atoms with Crippen molar-refractivity contribution in [3.8, 4) is 0 Å². The molecule has 0 saturated heterocycles. The fourth-order valence-corrected chi connectivity index (χ4v) is 3.14. The summed E-state index contributed by atoms with van der Waals surface area (Å²) in [5.41, 5.74) is 1.02. The van der Waals surface area contributed by atoms with Crippen molar-refractivity contribution in [1.82, 2.24) is 15.1 Å². The Kier molecular flexibility index (Phi) is 6.07. The van der Waals surface area contributed by atoms with E-state index in [2.05, 4.69) is 10.4 Å². The summed E-state index contributed by atoms with van der Waals surface area (Å²) in [6.07, 6.45) is 0.483. The van der Waals surface area contributed by atoms with Crippen LogP contribution in [0.2, 0.25) is 0 Å². The molecule has 1 heterocycles. The molecule has 0 unspecified atom stereocenters. The third-order valence-corrected chi connectivity index (χ3v) is 4.49. The van der Waals surface area contributed by atoms with E-state index >= 15 is 0 Å².